The second-order valence-electron chi connectivity index (χ2n) is 5.84. The van der Waals surface area contributed by atoms with Crippen LogP contribution in [-0.2, 0) is 0 Å². The molecule has 1 aliphatic rings. The van der Waals surface area contributed by atoms with Gasteiger partial charge in [-0.15, -0.1) is 6.42 Å². The smallest absolute Gasteiger partial charge is 0.0712 e. The van der Waals surface area contributed by atoms with Crippen molar-refractivity contribution < 1.29 is 0 Å². The third-order valence-electron chi connectivity index (χ3n) is 3.54. The lowest BCUT2D eigenvalue weighted by Crippen LogP contribution is -2.64. The molecule has 0 amide bonds. The fraction of sp³-hybridized carbons (Fsp3) is 0.857. The van der Waals surface area contributed by atoms with Crippen molar-refractivity contribution in [3.05, 3.63) is 0 Å². The Balaban J connectivity index is 2.84. The van der Waals surface area contributed by atoms with Crippen LogP contribution in [0.2, 0.25) is 0 Å². The summed E-state index contributed by atoms with van der Waals surface area (Å²) >= 11 is 0. The number of nitrogens with zero attached hydrogens (tertiary/aromatic N) is 1. The van der Waals surface area contributed by atoms with Gasteiger partial charge in [-0.05, 0) is 26.2 Å². The van der Waals surface area contributed by atoms with Crippen molar-refractivity contribution in [2.24, 2.45) is 5.92 Å². The van der Waals surface area contributed by atoms with E-state index in [1.807, 2.05) is 0 Å². The van der Waals surface area contributed by atoms with E-state index in [9.17, 15) is 0 Å². The zero-order valence-electron chi connectivity index (χ0n) is 11.4. The van der Waals surface area contributed by atoms with Crippen LogP contribution in [0.4, 0.5) is 0 Å². The highest BCUT2D eigenvalue weighted by atomic mass is 15.3. The molecule has 0 radical (unpaired) electrons. The molecule has 0 spiro atoms. The predicted molar refractivity (Wildman–Crippen MR) is 70.3 cm³/mol. The monoisotopic (exact) mass is 222 g/mol. The third-order valence-corrected chi connectivity index (χ3v) is 3.54. The molecule has 0 aromatic rings. The zero-order chi connectivity index (χ0) is 12.3. The molecular formula is C14H26N2. The van der Waals surface area contributed by atoms with Gasteiger partial charge in [0.2, 0.25) is 0 Å². The molecule has 0 aliphatic carbocycles. The minimum absolute atomic E-state index is 0.176. The molecule has 2 heteroatoms. The molecular weight excluding hydrogens is 196 g/mol. The van der Waals surface area contributed by atoms with Crippen LogP contribution in [0.3, 0.4) is 0 Å². The SMILES string of the molecule is C#CC(CC)N1CC(C)(C)NCC1C(C)C. The second kappa shape index (κ2) is 5.21. The van der Waals surface area contributed by atoms with E-state index in [0.29, 0.717) is 12.0 Å². The lowest BCUT2D eigenvalue weighted by Gasteiger charge is -2.48. The van der Waals surface area contributed by atoms with Crippen LogP contribution in [0.1, 0.15) is 41.0 Å². The largest absolute Gasteiger partial charge is 0.309 e. The van der Waals surface area contributed by atoms with Gasteiger partial charge >= 0.3 is 0 Å². The van der Waals surface area contributed by atoms with Crippen LogP contribution < -0.4 is 5.32 Å². The van der Waals surface area contributed by atoms with E-state index >= 15 is 0 Å². The molecule has 2 nitrogen and oxygen atoms in total. The number of rotatable bonds is 3. The maximum absolute atomic E-state index is 5.65. The molecule has 1 rings (SSSR count). The predicted octanol–water partition coefficient (Wildman–Crippen LogP) is 2.11. The highest BCUT2D eigenvalue weighted by molar-refractivity contribution is 5.05. The second-order valence-corrected chi connectivity index (χ2v) is 5.84. The lowest BCUT2D eigenvalue weighted by atomic mass is 9.91. The van der Waals surface area contributed by atoms with Gasteiger partial charge in [-0.2, -0.15) is 0 Å². The van der Waals surface area contributed by atoms with Crippen molar-refractivity contribution in [1.82, 2.24) is 10.2 Å². The van der Waals surface area contributed by atoms with Gasteiger partial charge in [-0.3, -0.25) is 4.90 Å². The highest BCUT2D eigenvalue weighted by Gasteiger charge is 2.36. The van der Waals surface area contributed by atoms with Crippen LogP contribution in [0.5, 0.6) is 0 Å². The molecule has 1 heterocycles. The van der Waals surface area contributed by atoms with Crippen molar-refractivity contribution in [2.75, 3.05) is 13.1 Å². The standard InChI is InChI=1S/C14H26N2/c1-7-12(8-2)16-10-14(5,6)15-9-13(16)11(3)4/h1,11-13,15H,8-10H2,2-6H3. The van der Waals surface area contributed by atoms with E-state index in [4.69, 9.17) is 6.42 Å². The summed E-state index contributed by atoms with van der Waals surface area (Å²) in [4.78, 5) is 2.52. The van der Waals surface area contributed by atoms with E-state index in [2.05, 4.69) is 50.8 Å². The van der Waals surface area contributed by atoms with Gasteiger partial charge in [-0.25, -0.2) is 0 Å². The summed E-state index contributed by atoms with van der Waals surface area (Å²) in [6, 6.07) is 0.850. The molecule has 0 bridgehead atoms. The number of piperazine rings is 1. The molecule has 0 aromatic carbocycles. The quantitative estimate of drug-likeness (QED) is 0.736. The molecule has 16 heavy (non-hydrogen) atoms. The Morgan fingerprint density at radius 3 is 2.56 bits per heavy atom. The van der Waals surface area contributed by atoms with Crippen molar-refractivity contribution >= 4 is 0 Å². The Kier molecular flexibility index (Phi) is 4.41. The molecule has 1 fully saturated rings. The molecule has 2 unspecified atom stereocenters. The van der Waals surface area contributed by atoms with Crippen LogP contribution in [0.25, 0.3) is 0 Å². The topological polar surface area (TPSA) is 15.3 Å². The Hall–Kier alpha value is -0.520. The fourth-order valence-electron chi connectivity index (χ4n) is 2.54. The molecule has 0 aromatic heterocycles. The summed E-state index contributed by atoms with van der Waals surface area (Å²) in [7, 11) is 0. The fourth-order valence-corrected chi connectivity index (χ4v) is 2.54. The summed E-state index contributed by atoms with van der Waals surface area (Å²) in [5.41, 5.74) is 0.176. The first-order chi connectivity index (χ1) is 7.41. The zero-order valence-corrected chi connectivity index (χ0v) is 11.4. The lowest BCUT2D eigenvalue weighted by molar-refractivity contribution is 0.0488. The minimum Gasteiger partial charge on any atom is -0.309 e. The third kappa shape index (κ3) is 2.99. The normalized spacial score (nSPS) is 27.7. The first-order valence-electron chi connectivity index (χ1n) is 6.38. The molecule has 2 atom stereocenters. The first-order valence-corrected chi connectivity index (χ1v) is 6.38. The number of nitrogens with one attached hydrogen (secondary N) is 1. The average Bonchev–Trinajstić information content (AvgIpc) is 2.17. The van der Waals surface area contributed by atoms with Gasteiger partial charge in [0, 0.05) is 24.7 Å². The van der Waals surface area contributed by atoms with E-state index in [1.54, 1.807) is 0 Å². The average molecular weight is 222 g/mol. The van der Waals surface area contributed by atoms with Crippen molar-refractivity contribution in [2.45, 2.75) is 58.7 Å². The van der Waals surface area contributed by atoms with Crippen LogP contribution in [0, 0.1) is 18.3 Å². The van der Waals surface area contributed by atoms with Crippen LogP contribution in [-0.4, -0.2) is 35.6 Å². The molecule has 1 N–H and O–H groups in total. The van der Waals surface area contributed by atoms with Gasteiger partial charge in [0.15, 0.2) is 0 Å². The highest BCUT2D eigenvalue weighted by Crippen LogP contribution is 2.23. The molecule has 1 aliphatic heterocycles. The summed E-state index contributed by atoms with van der Waals surface area (Å²) in [6.45, 7) is 13.3. The maximum atomic E-state index is 5.65. The van der Waals surface area contributed by atoms with Crippen molar-refractivity contribution in [3.8, 4) is 12.3 Å². The first kappa shape index (κ1) is 13.5. The number of terminal acetylenes is 1. The van der Waals surface area contributed by atoms with E-state index in [0.717, 1.165) is 19.5 Å². The van der Waals surface area contributed by atoms with Gasteiger partial charge in [-0.1, -0.05) is 26.7 Å². The number of hydrogen-bond donors (Lipinski definition) is 1. The Labute approximate surface area is 101 Å². The van der Waals surface area contributed by atoms with E-state index < -0.39 is 0 Å². The van der Waals surface area contributed by atoms with Gasteiger partial charge < -0.3 is 5.32 Å². The number of hydrogen-bond acceptors (Lipinski definition) is 2. The maximum Gasteiger partial charge on any atom is 0.0712 e. The van der Waals surface area contributed by atoms with Crippen LogP contribution >= 0.6 is 0 Å². The summed E-state index contributed by atoms with van der Waals surface area (Å²) < 4.78 is 0. The van der Waals surface area contributed by atoms with E-state index in [-0.39, 0.29) is 11.6 Å². The molecule has 92 valence electrons. The van der Waals surface area contributed by atoms with Crippen molar-refractivity contribution in [1.29, 1.82) is 0 Å². The summed E-state index contributed by atoms with van der Waals surface area (Å²) in [5, 5.41) is 3.61. The minimum atomic E-state index is 0.176. The van der Waals surface area contributed by atoms with Gasteiger partial charge in [0.25, 0.3) is 0 Å². The Bertz CT molecular complexity index is 262. The van der Waals surface area contributed by atoms with E-state index in [1.165, 1.54) is 0 Å². The van der Waals surface area contributed by atoms with Gasteiger partial charge in [0.05, 0.1) is 6.04 Å². The van der Waals surface area contributed by atoms with Crippen LogP contribution in [0.15, 0.2) is 0 Å². The van der Waals surface area contributed by atoms with Crippen molar-refractivity contribution in [3.63, 3.8) is 0 Å². The Morgan fingerprint density at radius 2 is 2.12 bits per heavy atom. The van der Waals surface area contributed by atoms with Gasteiger partial charge in [0.1, 0.15) is 0 Å². The Morgan fingerprint density at radius 1 is 1.50 bits per heavy atom. The molecule has 0 saturated carbocycles. The summed E-state index contributed by atoms with van der Waals surface area (Å²) in [5.74, 6) is 3.59. The molecule has 1 saturated heterocycles. The summed E-state index contributed by atoms with van der Waals surface area (Å²) in [6.07, 6.45) is 6.69.